The van der Waals surface area contributed by atoms with Gasteiger partial charge < -0.3 is 15.7 Å². The molecule has 3 N–H and O–H groups in total. The lowest BCUT2D eigenvalue weighted by molar-refractivity contribution is 0.0574. The Balaban J connectivity index is 0.00000288. The summed E-state index contributed by atoms with van der Waals surface area (Å²) in [6.07, 6.45) is 4.94. The molecule has 0 amide bonds. The molecule has 138 valence electrons. The molecule has 1 aliphatic rings. The summed E-state index contributed by atoms with van der Waals surface area (Å²) in [4.78, 5) is 4.56. The van der Waals surface area contributed by atoms with Crippen molar-refractivity contribution in [1.29, 1.82) is 0 Å². The molecule has 7 heteroatoms. The predicted octanol–water partition coefficient (Wildman–Crippen LogP) is 2.37. The van der Waals surface area contributed by atoms with Gasteiger partial charge in [0.1, 0.15) is 0 Å². The summed E-state index contributed by atoms with van der Waals surface area (Å²) in [5.74, 6) is 0.793. The van der Waals surface area contributed by atoms with Gasteiger partial charge in [-0.1, -0.05) is 12.8 Å². The molecule has 0 atom stereocenters. The number of hydrogen-bond donors (Lipinski definition) is 3. The van der Waals surface area contributed by atoms with Gasteiger partial charge in [0.25, 0.3) is 0 Å². The van der Waals surface area contributed by atoms with Gasteiger partial charge in [-0.2, -0.15) is 5.10 Å². The minimum atomic E-state index is -0.591. The highest BCUT2D eigenvalue weighted by atomic mass is 127. The number of aliphatic hydroxyl groups is 1. The van der Waals surface area contributed by atoms with Crippen LogP contribution in [-0.2, 0) is 6.54 Å². The van der Waals surface area contributed by atoms with Crippen LogP contribution in [0.3, 0.4) is 0 Å². The van der Waals surface area contributed by atoms with Crippen LogP contribution in [-0.4, -0.2) is 46.1 Å². The van der Waals surface area contributed by atoms with Crippen molar-refractivity contribution in [2.45, 2.75) is 65.0 Å². The number of halogens is 1. The second-order valence-corrected chi connectivity index (χ2v) is 6.56. The van der Waals surface area contributed by atoms with E-state index in [9.17, 15) is 5.11 Å². The van der Waals surface area contributed by atoms with Crippen LogP contribution >= 0.6 is 24.0 Å². The minimum absolute atomic E-state index is 0. The average Bonchev–Trinajstić information content (AvgIpc) is 3.07. The fraction of sp³-hybridized carbons (Fsp3) is 0.765. The Kier molecular flexibility index (Phi) is 9.04. The van der Waals surface area contributed by atoms with E-state index in [4.69, 9.17) is 0 Å². The SMILES string of the molecule is CCNC(=NCC1(O)CCCC1)NCCCn1nc(C)cc1C.I. The Hall–Kier alpha value is -0.830. The van der Waals surface area contributed by atoms with Gasteiger partial charge in [-0.3, -0.25) is 9.67 Å². The summed E-state index contributed by atoms with van der Waals surface area (Å²) in [5, 5.41) is 21.4. The number of aliphatic imine (C=N–C) groups is 1. The van der Waals surface area contributed by atoms with E-state index in [1.165, 1.54) is 5.69 Å². The van der Waals surface area contributed by atoms with Gasteiger partial charge in [-0.25, -0.2) is 0 Å². The molecule has 0 bridgehead atoms. The van der Waals surface area contributed by atoms with Crippen LogP contribution in [0, 0.1) is 13.8 Å². The Labute approximate surface area is 162 Å². The molecule has 1 aliphatic carbocycles. The quantitative estimate of drug-likeness (QED) is 0.259. The molecule has 0 aromatic carbocycles. The molecule has 0 aliphatic heterocycles. The molecule has 1 heterocycles. The zero-order valence-electron chi connectivity index (χ0n) is 15.1. The molecule has 24 heavy (non-hydrogen) atoms. The molecule has 0 unspecified atom stereocenters. The Morgan fingerprint density at radius 1 is 1.33 bits per heavy atom. The maximum Gasteiger partial charge on any atom is 0.191 e. The second-order valence-electron chi connectivity index (χ2n) is 6.56. The van der Waals surface area contributed by atoms with Gasteiger partial charge in [-0.15, -0.1) is 24.0 Å². The van der Waals surface area contributed by atoms with Gasteiger partial charge >= 0.3 is 0 Å². The fourth-order valence-corrected chi connectivity index (χ4v) is 3.10. The van der Waals surface area contributed by atoms with Crippen molar-refractivity contribution in [3.63, 3.8) is 0 Å². The van der Waals surface area contributed by atoms with Gasteiger partial charge in [0, 0.05) is 25.3 Å². The van der Waals surface area contributed by atoms with Gasteiger partial charge in [0.2, 0.25) is 0 Å². The van der Waals surface area contributed by atoms with Crippen LogP contribution in [0.25, 0.3) is 0 Å². The van der Waals surface area contributed by atoms with Crippen molar-refractivity contribution in [1.82, 2.24) is 20.4 Å². The molecule has 1 fully saturated rings. The van der Waals surface area contributed by atoms with E-state index in [2.05, 4.69) is 40.6 Å². The normalized spacial score (nSPS) is 16.8. The smallest absolute Gasteiger partial charge is 0.191 e. The topological polar surface area (TPSA) is 74.5 Å². The van der Waals surface area contributed by atoms with Gasteiger partial charge in [0.05, 0.1) is 17.8 Å². The van der Waals surface area contributed by atoms with Crippen molar-refractivity contribution in [3.05, 3.63) is 17.5 Å². The number of aromatic nitrogens is 2. The molecule has 0 radical (unpaired) electrons. The van der Waals surface area contributed by atoms with Gasteiger partial charge in [-0.05, 0) is 46.1 Å². The fourth-order valence-electron chi connectivity index (χ4n) is 3.10. The van der Waals surface area contributed by atoms with Crippen molar-refractivity contribution >= 4 is 29.9 Å². The first kappa shape index (κ1) is 21.2. The second kappa shape index (κ2) is 10.2. The van der Waals surface area contributed by atoms with Crippen LogP contribution in [0.2, 0.25) is 0 Å². The van der Waals surface area contributed by atoms with E-state index < -0.39 is 5.60 Å². The van der Waals surface area contributed by atoms with Crippen LogP contribution in [0.1, 0.15) is 50.4 Å². The first-order valence-electron chi connectivity index (χ1n) is 8.78. The van der Waals surface area contributed by atoms with Crippen molar-refractivity contribution in [3.8, 4) is 0 Å². The van der Waals surface area contributed by atoms with E-state index in [-0.39, 0.29) is 24.0 Å². The highest BCUT2D eigenvalue weighted by Crippen LogP contribution is 2.29. The van der Waals surface area contributed by atoms with E-state index in [0.29, 0.717) is 6.54 Å². The summed E-state index contributed by atoms with van der Waals surface area (Å²) in [6, 6.07) is 2.10. The lowest BCUT2D eigenvalue weighted by Gasteiger charge is -2.20. The third kappa shape index (κ3) is 6.58. The molecule has 1 aromatic heterocycles. The summed E-state index contributed by atoms with van der Waals surface area (Å²) >= 11 is 0. The first-order chi connectivity index (χ1) is 11.0. The highest BCUT2D eigenvalue weighted by molar-refractivity contribution is 14.0. The molecule has 2 rings (SSSR count). The molecule has 0 spiro atoms. The third-order valence-electron chi connectivity index (χ3n) is 4.35. The molecule has 6 nitrogen and oxygen atoms in total. The summed E-state index contributed by atoms with van der Waals surface area (Å²) in [7, 11) is 0. The van der Waals surface area contributed by atoms with E-state index in [1.54, 1.807) is 0 Å². The third-order valence-corrected chi connectivity index (χ3v) is 4.35. The number of hydrogen-bond acceptors (Lipinski definition) is 3. The molecule has 0 saturated heterocycles. The lowest BCUT2D eigenvalue weighted by atomic mass is 10.0. The van der Waals surface area contributed by atoms with Crippen molar-refractivity contribution < 1.29 is 5.11 Å². The van der Waals surface area contributed by atoms with Gasteiger partial charge in [0.15, 0.2) is 5.96 Å². The van der Waals surface area contributed by atoms with Crippen LogP contribution in [0.5, 0.6) is 0 Å². The Morgan fingerprint density at radius 2 is 2.04 bits per heavy atom. The summed E-state index contributed by atoms with van der Waals surface area (Å²) in [5.41, 5.74) is 1.67. The van der Waals surface area contributed by atoms with Crippen molar-refractivity contribution in [2.24, 2.45) is 4.99 Å². The summed E-state index contributed by atoms with van der Waals surface area (Å²) in [6.45, 7) is 9.20. The molecule has 1 aromatic rings. The predicted molar refractivity (Wildman–Crippen MR) is 109 cm³/mol. The molecular formula is C17H32IN5O. The number of nitrogens with one attached hydrogen (secondary N) is 2. The maximum absolute atomic E-state index is 10.4. The number of aryl methyl sites for hydroxylation is 3. The number of nitrogens with zero attached hydrogens (tertiary/aromatic N) is 3. The first-order valence-corrected chi connectivity index (χ1v) is 8.78. The molecular weight excluding hydrogens is 417 g/mol. The van der Waals surface area contributed by atoms with E-state index >= 15 is 0 Å². The van der Waals surface area contributed by atoms with Crippen LogP contribution in [0.4, 0.5) is 0 Å². The maximum atomic E-state index is 10.4. The Bertz CT molecular complexity index is 523. The van der Waals surface area contributed by atoms with Crippen molar-refractivity contribution in [2.75, 3.05) is 19.6 Å². The van der Waals surface area contributed by atoms with E-state index in [1.807, 2.05) is 11.6 Å². The molecule has 1 saturated carbocycles. The summed E-state index contributed by atoms with van der Waals surface area (Å²) < 4.78 is 2.04. The lowest BCUT2D eigenvalue weighted by Crippen LogP contribution is -2.40. The Morgan fingerprint density at radius 3 is 2.62 bits per heavy atom. The average molecular weight is 449 g/mol. The monoisotopic (exact) mass is 449 g/mol. The largest absolute Gasteiger partial charge is 0.388 e. The zero-order valence-corrected chi connectivity index (χ0v) is 17.5. The standard InChI is InChI=1S/C17H31N5O.HI/c1-4-18-16(20-13-17(23)8-5-6-9-17)19-10-7-11-22-15(3)12-14(2)21-22;/h12,23H,4-11,13H2,1-3H3,(H2,18,19,20);1H. The van der Waals surface area contributed by atoms with E-state index in [0.717, 1.165) is 63.4 Å². The number of rotatable bonds is 7. The number of guanidine groups is 1. The van der Waals surface area contributed by atoms with Crippen LogP contribution < -0.4 is 10.6 Å². The highest BCUT2D eigenvalue weighted by Gasteiger charge is 2.30. The van der Waals surface area contributed by atoms with Crippen LogP contribution in [0.15, 0.2) is 11.1 Å². The zero-order chi connectivity index (χ0) is 16.7. The minimum Gasteiger partial charge on any atom is -0.388 e.